The van der Waals surface area contributed by atoms with Crippen LogP contribution in [0.3, 0.4) is 0 Å². The third kappa shape index (κ3) is 4.87. The summed E-state index contributed by atoms with van der Waals surface area (Å²) in [6, 6.07) is 17.2. The number of methoxy groups -OCH3 is 1. The fourth-order valence-corrected chi connectivity index (χ4v) is 6.05. The normalized spacial score (nSPS) is 15.0. The molecule has 2 aliphatic heterocycles. The smallest absolute Gasteiger partial charge is 0.342 e. The average molecular weight is 554 g/mol. The maximum Gasteiger partial charge on any atom is 0.342 e. The third-order valence-corrected chi connectivity index (χ3v) is 8.26. The molecule has 0 atom stereocenters. The molecule has 1 aromatic heterocycles. The number of fused-ring (bicyclic) bond motifs is 1. The Balaban J connectivity index is 1.33. The van der Waals surface area contributed by atoms with Crippen molar-refractivity contribution in [1.82, 2.24) is 14.7 Å². The van der Waals surface area contributed by atoms with E-state index in [2.05, 4.69) is 61.1 Å². The zero-order chi connectivity index (χ0) is 28.7. The SMILES string of the molecule is CCc1c(-c2cccc(C)c2OCc2cc(C)c3c(c2)CN(C2COC2)C3)cccc1-n1ncc(C(=O)O)c1OC. The predicted molar refractivity (Wildman–Crippen MR) is 156 cm³/mol. The summed E-state index contributed by atoms with van der Waals surface area (Å²) in [6.07, 6.45) is 2.03. The van der Waals surface area contributed by atoms with Crippen LogP contribution in [0.15, 0.2) is 54.7 Å². The summed E-state index contributed by atoms with van der Waals surface area (Å²) in [4.78, 5) is 14.2. The van der Waals surface area contributed by atoms with Gasteiger partial charge in [-0.1, -0.05) is 49.4 Å². The molecule has 8 heteroatoms. The zero-order valence-corrected chi connectivity index (χ0v) is 23.9. The van der Waals surface area contributed by atoms with Crippen LogP contribution in [0.2, 0.25) is 0 Å². The molecule has 0 bridgehead atoms. The summed E-state index contributed by atoms with van der Waals surface area (Å²) >= 11 is 0. The number of ether oxygens (including phenoxy) is 3. The Morgan fingerprint density at radius 3 is 2.56 bits per heavy atom. The number of aromatic nitrogens is 2. The molecule has 3 aromatic carbocycles. The van der Waals surface area contributed by atoms with Crippen molar-refractivity contribution in [3.63, 3.8) is 0 Å². The molecule has 3 heterocycles. The van der Waals surface area contributed by atoms with Gasteiger partial charge in [0.1, 0.15) is 17.9 Å². The van der Waals surface area contributed by atoms with Crippen molar-refractivity contribution in [3.8, 4) is 28.4 Å². The molecule has 1 saturated heterocycles. The van der Waals surface area contributed by atoms with Crippen LogP contribution < -0.4 is 9.47 Å². The van der Waals surface area contributed by atoms with E-state index in [-0.39, 0.29) is 11.4 Å². The minimum Gasteiger partial charge on any atom is -0.488 e. The molecule has 212 valence electrons. The molecule has 6 rings (SSSR count). The standard InChI is InChI=1S/C33H35N3O5/c1-5-25-26(9-7-11-30(25)36-32(39-4)28(14-34-36)33(37)38)27-10-6-8-20(2)31(27)41-17-22-12-21(3)29-16-35(15-23(29)13-22)24-18-40-19-24/h6-14,24H,5,15-19H2,1-4H3,(H,37,38). The van der Waals surface area contributed by atoms with Crippen molar-refractivity contribution in [2.45, 2.75) is 52.9 Å². The van der Waals surface area contributed by atoms with Gasteiger partial charge in [-0.15, -0.1) is 0 Å². The van der Waals surface area contributed by atoms with E-state index in [9.17, 15) is 9.90 Å². The van der Waals surface area contributed by atoms with Gasteiger partial charge in [-0.25, -0.2) is 9.48 Å². The Morgan fingerprint density at radius 1 is 1.07 bits per heavy atom. The van der Waals surface area contributed by atoms with Gasteiger partial charge in [0.15, 0.2) is 0 Å². The Labute approximate surface area is 240 Å². The summed E-state index contributed by atoms with van der Waals surface area (Å²) in [5.41, 5.74) is 10.2. The van der Waals surface area contributed by atoms with E-state index >= 15 is 0 Å². The molecule has 0 unspecified atom stereocenters. The first kappa shape index (κ1) is 27.1. The van der Waals surface area contributed by atoms with E-state index in [0.29, 0.717) is 19.1 Å². The third-order valence-electron chi connectivity index (χ3n) is 8.26. The molecule has 0 saturated carbocycles. The second-order valence-corrected chi connectivity index (χ2v) is 10.8. The minimum absolute atomic E-state index is 0.0216. The number of aryl methyl sites for hydroxylation is 2. The molecule has 0 amide bonds. The quantitative estimate of drug-likeness (QED) is 0.284. The summed E-state index contributed by atoms with van der Waals surface area (Å²) in [6.45, 7) is 10.4. The lowest BCUT2D eigenvalue weighted by atomic mass is 9.94. The minimum atomic E-state index is -1.08. The van der Waals surface area contributed by atoms with Crippen LogP contribution in [0.25, 0.3) is 16.8 Å². The fraction of sp³-hybridized carbons (Fsp3) is 0.333. The zero-order valence-electron chi connectivity index (χ0n) is 23.9. The van der Waals surface area contributed by atoms with Crippen LogP contribution in [0.5, 0.6) is 11.6 Å². The Morgan fingerprint density at radius 2 is 1.85 bits per heavy atom. The predicted octanol–water partition coefficient (Wildman–Crippen LogP) is 5.72. The average Bonchev–Trinajstić information content (AvgIpc) is 3.55. The molecule has 1 N–H and O–H groups in total. The number of hydrogen-bond acceptors (Lipinski definition) is 6. The van der Waals surface area contributed by atoms with Crippen LogP contribution in [0, 0.1) is 13.8 Å². The highest BCUT2D eigenvalue weighted by Gasteiger charge is 2.31. The maximum atomic E-state index is 11.7. The van der Waals surface area contributed by atoms with Crippen LogP contribution in [0.4, 0.5) is 0 Å². The first-order chi connectivity index (χ1) is 19.9. The highest BCUT2D eigenvalue weighted by Crippen LogP contribution is 2.39. The van der Waals surface area contributed by atoms with Gasteiger partial charge in [0.2, 0.25) is 5.88 Å². The molecule has 0 spiro atoms. The monoisotopic (exact) mass is 553 g/mol. The summed E-state index contributed by atoms with van der Waals surface area (Å²) < 4.78 is 19.0. The van der Waals surface area contributed by atoms with Gasteiger partial charge in [0, 0.05) is 18.7 Å². The van der Waals surface area contributed by atoms with E-state index in [1.807, 2.05) is 18.2 Å². The lowest BCUT2D eigenvalue weighted by Gasteiger charge is -2.34. The molecule has 2 aliphatic rings. The Bertz CT molecular complexity index is 1620. The van der Waals surface area contributed by atoms with Crippen molar-refractivity contribution in [2.24, 2.45) is 0 Å². The van der Waals surface area contributed by atoms with Crippen molar-refractivity contribution >= 4 is 5.97 Å². The van der Waals surface area contributed by atoms with E-state index in [1.54, 1.807) is 4.68 Å². The number of carboxylic acids is 1. The molecule has 0 radical (unpaired) electrons. The van der Waals surface area contributed by atoms with Crippen LogP contribution in [-0.2, 0) is 30.9 Å². The highest BCUT2D eigenvalue weighted by molar-refractivity contribution is 5.90. The van der Waals surface area contributed by atoms with Crippen LogP contribution >= 0.6 is 0 Å². The van der Waals surface area contributed by atoms with Gasteiger partial charge in [0.25, 0.3) is 0 Å². The van der Waals surface area contributed by atoms with Gasteiger partial charge in [0.05, 0.1) is 38.2 Å². The Hall–Kier alpha value is -4.14. The van der Waals surface area contributed by atoms with Crippen molar-refractivity contribution in [3.05, 3.63) is 93.7 Å². The fourth-order valence-electron chi connectivity index (χ4n) is 6.05. The molecular formula is C33H35N3O5. The molecular weight excluding hydrogens is 518 g/mol. The summed E-state index contributed by atoms with van der Waals surface area (Å²) in [5.74, 6) is -0.0481. The number of carboxylic acid groups (broad SMARTS) is 1. The topological polar surface area (TPSA) is 86.1 Å². The molecule has 1 fully saturated rings. The van der Waals surface area contributed by atoms with Crippen molar-refractivity contribution in [1.29, 1.82) is 0 Å². The lowest BCUT2D eigenvalue weighted by molar-refractivity contribution is -0.0670. The summed E-state index contributed by atoms with van der Waals surface area (Å²) in [7, 11) is 1.46. The summed E-state index contributed by atoms with van der Waals surface area (Å²) in [5, 5.41) is 14.0. The second-order valence-electron chi connectivity index (χ2n) is 10.8. The number of nitrogens with zero attached hydrogens (tertiary/aromatic N) is 3. The number of benzene rings is 3. The second kappa shape index (κ2) is 11.0. The van der Waals surface area contributed by atoms with E-state index < -0.39 is 5.97 Å². The van der Waals surface area contributed by atoms with Crippen molar-refractivity contribution in [2.75, 3.05) is 20.3 Å². The number of rotatable bonds is 9. The number of aromatic carboxylic acids is 1. The lowest BCUT2D eigenvalue weighted by Crippen LogP contribution is -2.46. The van der Waals surface area contributed by atoms with Gasteiger partial charge in [-0.05, 0) is 65.3 Å². The van der Waals surface area contributed by atoms with Crippen LogP contribution in [-0.4, -0.2) is 52.1 Å². The van der Waals surface area contributed by atoms with E-state index in [4.69, 9.17) is 14.2 Å². The number of carbonyl (C=O) groups is 1. The highest BCUT2D eigenvalue weighted by atomic mass is 16.5. The van der Waals surface area contributed by atoms with E-state index in [0.717, 1.165) is 65.6 Å². The first-order valence-electron chi connectivity index (χ1n) is 14.0. The first-order valence-corrected chi connectivity index (χ1v) is 14.0. The van der Waals surface area contributed by atoms with Gasteiger partial charge in [-0.2, -0.15) is 5.10 Å². The van der Waals surface area contributed by atoms with E-state index in [1.165, 1.54) is 30.0 Å². The largest absolute Gasteiger partial charge is 0.488 e. The van der Waals surface area contributed by atoms with Crippen molar-refractivity contribution < 1.29 is 24.1 Å². The maximum absolute atomic E-state index is 11.7. The number of hydrogen-bond donors (Lipinski definition) is 1. The molecule has 8 nitrogen and oxygen atoms in total. The Kier molecular flexibility index (Phi) is 7.28. The molecule has 0 aliphatic carbocycles. The number of para-hydroxylation sites is 1. The van der Waals surface area contributed by atoms with Gasteiger partial charge >= 0.3 is 5.97 Å². The van der Waals surface area contributed by atoms with Gasteiger partial charge in [-0.3, -0.25) is 4.90 Å². The molecule has 4 aromatic rings. The van der Waals surface area contributed by atoms with Gasteiger partial charge < -0.3 is 19.3 Å². The molecule has 41 heavy (non-hydrogen) atoms. The van der Waals surface area contributed by atoms with Crippen LogP contribution in [0.1, 0.15) is 50.7 Å².